The van der Waals surface area contributed by atoms with E-state index >= 15 is 0 Å². The van der Waals surface area contributed by atoms with Crippen molar-refractivity contribution >= 4 is 23.5 Å². The molecule has 0 aliphatic carbocycles. The number of benzene rings is 1. The van der Waals surface area contributed by atoms with Gasteiger partial charge in [0.05, 0.1) is 13.5 Å². The maximum Gasteiger partial charge on any atom is 0.306 e. The molecule has 22 heavy (non-hydrogen) atoms. The van der Waals surface area contributed by atoms with Gasteiger partial charge in [0.15, 0.2) is 0 Å². The Morgan fingerprint density at radius 3 is 2.23 bits per heavy atom. The molecule has 0 unspecified atom stereocenters. The van der Waals surface area contributed by atoms with Crippen LogP contribution in [-0.2, 0) is 25.5 Å². The largest absolute Gasteiger partial charge is 0.469 e. The van der Waals surface area contributed by atoms with Crippen molar-refractivity contribution in [1.29, 1.82) is 0 Å². The molecule has 0 radical (unpaired) electrons. The molecule has 0 atom stereocenters. The molecule has 0 heterocycles. The highest BCUT2D eigenvalue weighted by molar-refractivity contribution is 5.92. The maximum atomic E-state index is 11.6. The van der Waals surface area contributed by atoms with Crippen LogP contribution in [0.3, 0.4) is 0 Å². The van der Waals surface area contributed by atoms with Gasteiger partial charge in [0.25, 0.3) is 0 Å². The zero-order valence-electron chi connectivity index (χ0n) is 13.2. The van der Waals surface area contributed by atoms with E-state index in [1.54, 1.807) is 31.1 Å². The number of carbonyl (C=O) groups excluding carboxylic acids is 3. The summed E-state index contributed by atoms with van der Waals surface area (Å²) in [4.78, 5) is 35.7. The zero-order valence-corrected chi connectivity index (χ0v) is 13.2. The number of carbonyl (C=O) groups is 3. The Balaban J connectivity index is 2.43. The number of rotatable bonds is 7. The average Bonchev–Trinajstić information content (AvgIpc) is 2.51. The van der Waals surface area contributed by atoms with Gasteiger partial charge in [-0.2, -0.15) is 0 Å². The highest BCUT2D eigenvalue weighted by Crippen LogP contribution is 2.12. The van der Waals surface area contributed by atoms with Gasteiger partial charge in [0, 0.05) is 32.6 Å². The van der Waals surface area contributed by atoms with Crippen molar-refractivity contribution in [3.05, 3.63) is 29.8 Å². The van der Waals surface area contributed by atoms with Crippen LogP contribution in [0.15, 0.2) is 24.3 Å². The van der Waals surface area contributed by atoms with E-state index in [9.17, 15) is 14.4 Å². The lowest BCUT2D eigenvalue weighted by Gasteiger charge is -2.10. The molecule has 0 bridgehead atoms. The van der Waals surface area contributed by atoms with E-state index in [1.807, 2.05) is 12.1 Å². The number of ether oxygens (including phenoxy) is 1. The van der Waals surface area contributed by atoms with Crippen molar-refractivity contribution in [3.8, 4) is 0 Å². The molecule has 6 heteroatoms. The second-order valence-electron chi connectivity index (χ2n) is 5.11. The number of hydrogen-bond donors (Lipinski definition) is 1. The zero-order chi connectivity index (χ0) is 16.5. The maximum absolute atomic E-state index is 11.6. The highest BCUT2D eigenvalue weighted by Gasteiger charge is 2.08. The molecule has 0 aliphatic heterocycles. The van der Waals surface area contributed by atoms with Gasteiger partial charge in [0.2, 0.25) is 11.8 Å². The lowest BCUT2D eigenvalue weighted by atomic mass is 10.1. The first-order valence-electron chi connectivity index (χ1n) is 7.08. The van der Waals surface area contributed by atoms with E-state index in [-0.39, 0.29) is 24.7 Å². The Labute approximate surface area is 130 Å². The van der Waals surface area contributed by atoms with Gasteiger partial charge in [-0.1, -0.05) is 12.1 Å². The molecular weight excluding hydrogens is 284 g/mol. The van der Waals surface area contributed by atoms with Gasteiger partial charge in [0.1, 0.15) is 0 Å². The van der Waals surface area contributed by atoms with E-state index in [2.05, 4.69) is 10.1 Å². The number of hydrogen-bond acceptors (Lipinski definition) is 4. The van der Waals surface area contributed by atoms with Crippen LogP contribution in [-0.4, -0.2) is 43.9 Å². The summed E-state index contributed by atoms with van der Waals surface area (Å²) in [5.74, 6) is -0.558. The van der Waals surface area contributed by atoms with Crippen molar-refractivity contribution in [2.75, 3.05) is 26.5 Å². The summed E-state index contributed by atoms with van der Waals surface area (Å²) >= 11 is 0. The van der Waals surface area contributed by atoms with E-state index in [0.29, 0.717) is 18.5 Å². The molecule has 0 aromatic heterocycles. The molecule has 0 spiro atoms. The first-order valence-corrected chi connectivity index (χ1v) is 7.08. The Kier molecular flexibility index (Phi) is 7.08. The summed E-state index contributed by atoms with van der Waals surface area (Å²) in [5.41, 5.74) is 1.69. The van der Waals surface area contributed by atoms with Crippen LogP contribution in [0.25, 0.3) is 0 Å². The Bertz CT molecular complexity index is 523. The van der Waals surface area contributed by atoms with Crippen molar-refractivity contribution < 1.29 is 19.1 Å². The summed E-state index contributed by atoms with van der Waals surface area (Å²) in [5, 5.41) is 2.71. The highest BCUT2D eigenvalue weighted by atomic mass is 16.5. The van der Waals surface area contributed by atoms with Crippen molar-refractivity contribution in [3.63, 3.8) is 0 Å². The molecule has 1 rings (SSSR count). The SMILES string of the molecule is COC(=O)CCC(=O)Nc1ccc(CCC(=O)N(C)C)cc1. The predicted molar refractivity (Wildman–Crippen MR) is 83.3 cm³/mol. The summed E-state index contributed by atoms with van der Waals surface area (Å²) in [7, 11) is 4.75. The number of anilines is 1. The normalized spacial score (nSPS) is 9.95. The van der Waals surface area contributed by atoms with E-state index in [1.165, 1.54) is 7.11 Å². The van der Waals surface area contributed by atoms with Crippen molar-refractivity contribution in [1.82, 2.24) is 4.90 Å². The lowest BCUT2D eigenvalue weighted by Crippen LogP contribution is -2.21. The van der Waals surface area contributed by atoms with Crippen LogP contribution in [0, 0.1) is 0 Å². The molecular formula is C16H22N2O4. The van der Waals surface area contributed by atoms with Gasteiger partial charge in [-0.3, -0.25) is 14.4 Å². The minimum absolute atomic E-state index is 0.0626. The van der Waals surface area contributed by atoms with Crippen molar-refractivity contribution in [2.24, 2.45) is 0 Å². The number of amides is 2. The predicted octanol–water partition coefficient (Wildman–Crippen LogP) is 1.60. The molecule has 1 N–H and O–H groups in total. The summed E-state index contributed by atoms with van der Waals surface area (Å²) in [6.45, 7) is 0. The Morgan fingerprint density at radius 1 is 1.05 bits per heavy atom. The quantitative estimate of drug-likeness (QED) is 0.776. The number of methoxy groups -OCH3 is 1. The molecule has 0 saturated heterocycles. The van der Waals surface area contributed by atoms with Gasteiger partial charge in [-0.15, -0.1) is 0 Å². The average molecular weight is 306 g/mol. The third-order valence-corrected chi connectivity index (χ3v) is 3.15. The topological polar surface area (TPSA) is 75.7 Å². The van der Waals surface area contributed by atoms with Crippen molar-refractivity contribution in [2.45, 2.75) is 25.7 Å². The smallest absolute Gasteiger partial charge is 0.306 e. The second kappa shape index (κ2) is 8.81. The Hall–Kier alpha value is -2.37. The number of aryl methyl sites for hydroxylation is 1. The van der Waals surface area contributed by atoms with Crippen LogP contribution < -0.4 is 5.32 Å². The third-order valence-electron chi connectivity index (χ3n) is 3.15. The fourth-order valence-electron chi connectivity index (χ4n) is 1.77. The molecule has 0 aliphatic rings. The number of esters is 1. The fraction of sp³-hybridized carbons (Fsp3) is 0.438. The summed E-state index contributed by atoms with van der Waals surface area (Å²) in [6.07, 6.45) is 1.27. The van der Waals surface area contributed by atoms with Crippen LogP contribution in [0.5, 0.6) is 0 Å². The van der Waals surface area contributed by atoms with E-state index in [0.717, 1.165) is 5.56 Å². The standard InChI is InChI=1S/C16H22N2O4/c1-18(2)15(20)10-6-12-4-7-13(8-5-12)17-14(19)9-11-16(21)22-3/h4-5,7-8H,6,9-11H2,1-3H3,(H,17,19). The van der Waals surface area contributed by atoms with Gasteiger partial charge < -0.3 is 15.0 Å². The summed E-state index contributed by atoms with van der Waals surface area (Å²) < 4.78 is 4.48. The second-order valence-corrected chi connectivity index (χ2v) is 5.11. The first-order chi connectivity index (χ1) is 10.4. The van der Waals surface area contributed by atoms with E-state index in [4.69, 9.17) is 0 Å². The van der Waals surface area contributed by atoms with Crippen LogP contribution in [0.2, 0.25) is 0 Å². The van der Waals surface area contributed by atoms with Crippen LogP contribution >= 0.6 is 0 Å². The number of nitrogens with zero attached hydrogens (tertiary/aromatic N) is 1. The van der Waals surface area contributed by atoms with Gasteiger partial charge in [-0.05, 0) is 24.1 Å². The fourth-order valence-corrected chi connectivity index (χ4v) is 1.77. The minimum atomic E-state index is -0.406. The minimum Gasteiger partial charge on any atom is -0.469 e. The molecule has 2 amide bonds. The summed E-state index contributed by atoms with van der Waals surface area (Å²) in [6, 6.07) is 7.31. The molecule has 0 saturated carbocycles. The molecule has 120 valence electrons. The van der Waals surface area contributed by atoms with Gasteiger partial charge in [-0.25, -0.2) is 0 Å². The molecule has 6 nitrogen and oxygen atoms in total. The monoisotopic (exact) mass is 306 g/mol. The third kappa shape index (κ3) is 6.39. The Morgan fingerprint density at radius 2 is 1.68 bits per heavy atom. The molecule has 0 fully saturated rings. The molecule has 1 aromatic rings. The molecule has 1 aromatic carbocycles. The van der Waals surface area contributed by atoms with Gasteiger partial charge >= 0.3 is 5.97 Å². The first kappa shape index (κ1) is 17.7. The number of nitrogens with one attached hydrogen (secondary N) is 1. The lowest BCUT2D eigenvalue weighted by molar-refractivity contribution is -0.141. The van der Waals surface area contributed by atoms with Crippen LogP contribution in [0.4, 0.5) is 5.69 Å². The van der Waals surface area contributed by atoms with E-state index < -0.39 is 5.97 Å². The van der Waals surface area contributed by atoms with Crippen LogP contribution in [0.1, 0.15) is 24.8 Å².